The van der Waals surface area contributed by atoms with E-state index < -0.39 is 13.9 Å². The van der Waals surface area contributed by atoms with Gasteiger partial charge in [-0.1, -0.05) is 0 Å². The quantitative estimate of drug-likeness (QED) is 0.471. The molecule has 2 aliphatic rings. The Morgan fingerprint density at radius 3 is 2.90 bits per heavy atom. The van der Waals surface area contributed by atoms with Crippen LogP contribution in [-0.4, -0.2) is 71.3 Å². The zero-order valence-corrected chi connectivity index (χ0v) is 17.4. The van der Waals surface area contributed by atoms with Gasteiger partial charge in [-0.2, -0.15) is 0 Å². The van der Waals surface area contributed by atoms with E-state index in [1.54, 1.807) is 17.6 Å². The van der Waals surface area contributed by atoms with Crippen LogP contribution in [0.4, 0.5) is 0 Å². The molecule has 0 unspecified atom stereocenters. The SMILES string of the molecule is O=C(NCCN1CCOCC1)c1ccc(OCP(=O)(O)O)c2c1Cc1scnc1-2. The van der Waals surface area contributed by atoms with Crippen LogP contribution in [0.3, 0.4) is 0 Å². The van der Waals surface area contributed by atoms with E-state index in [1.807, 2.05) is 0 Å². The van der Waals surface area contributed by atoms with E-state index in [0.717, 1.165) is 30.1 Å². The van der Waals surface area contributed by atoms with Crippen LogP contribution in [0.25, 0.3) is 11.3 Å². The molecular weight excluding hydrogens is 417 g/mol. The number of thiazole rings is 1. The Hall–Kier alpha value is -1.81. The van der Waals surface area contributed by atoms with Gasteiger partial charge < -0.3 is 24.6 Å². The van der Waals surface area contributed by atoms with Gasteiger partial charge in [0.1, 0.15) is 5.75 Å². The molecule has 3 N–H and O–H groups in total. The number of hydrogen-bond donors (Lipinski definition) is 3. The second-order valence-electron chi connectivity index (χ2n) is 6.91. The first kappa shape index (κ1) is 20.5. The minimum absolute atomic E-state index is 0.175. The number of morpholine rings is 1. The van der Waals surface area contributed by atoms with E-state index in [4.69, 9.17) is 19.3 Å². The van der Waals surface area contributed by atoms with Crippen molar-refractivity contribution in [3.8, 4) is 17.0 Å². The van der Waals surface area contributed by atoms with Gasteiger partial charge in [0.25, 0.3) is 5.91 Å². The number of fused-ring (bicyclic) bond motifs is 3. The largest absolute Gasteiger partial charge is 0.480 e. The van der Waals surface area contributed by atoms with Crippen molar-refractivity contribution in [2.75, 3.05) is 45.7 Å². The predicted octanol–water partition coefficient (Wildman–Crippen LogP) is 1.29. The topological polar surface area (TPSA) is 121 Å². The van der Waals surface area contributed by atoms with E-state index in [9.17, 15) is 9.36 Å². The fourth-order valence-corrected chi connectivity index (χ4v) is 4.65. The number of amides is 1. The fraction of sp³-hybridized carbons (Fsp3) is 0.444. The molecule has 0 saturated carbocycles. The van der Waals surface area contributed by atoms with Crippen molar-refractivity contribution in [3.63, 3.8) is 0 Å². The van der Waals surface area contributed by atoms with Gasteiger partial charge in [-0.25, -0.2) is 4.98 Å². The van der Waals surface area contributed by atoms with Crippen LogP contribution in [0, 0.1) is 0 Å². The number of carbonyl (C=O) groups excluding carboxylic acids is 1. The van der Waals surface area contributed by atoms with Crippen LogP contribution in [0.2, 0.25) is 0 Å². The zero-order chi connectivity index (χ0) is 20.4. The summed E-state index contributed by atoms with van der Waals surface area (Å²) in [6, 6.07) is 3.23. The Labute approximate surface area is 171 Å². The monoisotopic (exact) mass is 439 g/mol. The molecule has 4 rings (SSSR count). The molecule has 0 spiro atoms. The molecule has 9 nitrogen and oxygen atoms in total. The number of benzene rings is 1. The molecule has 0 radical (unpaired) electrons. The first-order valence-corrected chi connectivity index (χ1v) is 11.9. The highest BCUT2D eigenvalue weighted by Crippen LogP contribution is 2.46. The number of nitrogens with one attached hydrogen (secondary N) is 1. The van der Waals surface area contributed by atoms with Gasteiger partial charge in [0, 0.05) is 48.6 Å². The molecule has 0 bridgehead atoms. The van der Waals surface area contributed by atoms with E-state index in [2.05, 4.69) is 15.2 Å². The first-order chi connectivity index (χ1) is 13.9. The van der Waals surface area contributed by atoms with Crippen LogP contribution < -0.4 is 10.1 Å². The Morgan fingerprint density at radius 1 is 1.34 bits per heavy atom. The first-order valence-electron chi connectivity index (χ1n) is 9.26. The van der Waals surface area contributed by atoms with Gasteiger partial charge in [0.05, 0.1) is 24.4 Å². The molecule has 1 aromatic heterocycles. The van der Waals surface area contributed by atoms with Gasteiger partial charge in [-0.15, -0.1) is 11.3 Å². The maximum atomic E-state index is 12.8. The average Bonchev–Trinajstić information content (AvgIpc) is 3.27. The summed E-state index contributed by atoms with van der Waals surface area (Å²) in [5.41, 5.74) is 4.40. The molecule has 1 aromatic carbocycles. The number of hydrogen-bond acceptors (Lipinski definition) is 7. The molecule has 1 fully saturated rings. The molecular formula is C18H22N3O6PS. The second kappa shape index (κ2) is 8.51. The van der Waals surface area contributed by atoms with Crippen molar-refractivity contribution in [2.45, 2.75) is 6.42 Å². The lowest BCUT2D eigenvalue weighted by atomic mass is 10.0. The number of rotatable bonds is 7. The summed E-state index contributed by atoms with van der Waals surface area (Å²) in [4.78, 5) is 38.7. The maximum absolute atomic E-state index is 12.8. The van der Waals surface area contributed by atoms with Crippen molar-refractivity contribution in [1.29, 1.82) is 0 Å². The zero-order valence-electron chi connectivity index (χ0n) is 15.7. The van der Waals surface area contributed by atoms with Gasteiger partial charge in [-0.3, -0.25) is 14.3 Å². The predicted molar refractivity (Wildman–Crippen MR) is 107 cm³/mol. The summed E-state index contributed by atoms with van der Waals surface area (Å²) in [6.45, 7) is 4.45. The number of carbonyl (C=O) groups is 1. The van der Waals surface area contributed by atoms with Gasteiger partial charge in [0.15, 0.2) is 6.35 Å². The van der Waals surface area contributed by atoms with Crippen LogP contribution in [-0.2, 0) is 15.7 Å². The molecule has 1 amide bonds. The summed E-state index contributed by atoms with van der Waals surface area (Å²) in [5, 5.41) is 2.97. The van der Waals surface area contributed by atoms with Crippen LogP contribution in [0.15, 0.2) is 17.6 Å². The third-order valence-corrected chi connectivity index (χ3v) is 6.24. The van der Waals surface area contributed by atoms with Gasteiger partial charge in [-0.05, 0) is 17.7 Å². The van der Waals surface area contributed by atoms with Crippen LogP contribution >= 0.6 is 18.9 Å². The molecule has 1 aliphatic heterocycles. The van der Waals surface area contributed by atoms with E-state index in [-0.39, 0.29) is 5.91 Å². The lowest BCUT2D eigenvalue weighted by molar-refractivity contribution is 0.0383. The van der Waals surface area contributed by atoms with E-state index in [0.29, 0.717) is 48.7 Å². The standard InChI is InChI=1S/C18H22N3O6PS/c22-18(19-3-4-21-5-7-26-8-6-21)12-1-2-14(27-11-28(23,24)25)16-13(12)9-15-17(16)20-10-29-15/h1-2,10H,3-9,11H2,(H,19,22)(H2,23,24,25). The van der Waals surface area contributed by atoms with Crippen molar-refractivity contribution >= 4 is 24.8 Å². The molecule has 1 aliphatic carbocycles. The van der Waals surface area contributed by atoms with E-state index >= 15 is 0 Å². The Bertz CT molecular complexity index is 953. The summed E-state index contributed by atoms with van der Waals surface area (Å²) in [7, 11) is -4.32. The lowest BCUT2D eigenvalue weighted by Gasteiger charge is -2.26. The maximum Gasteiger partial charge on any atom is 0.362 e. The highest BCUT2D eigenvalue weighted by molar-refractivity contribution is 7.51. The lowest BCUT2D eigenvalue weighted by Crippen LogP contribution is -2.41. The highest BCUT2D eigenvalue weighted by atomic mass is 32.1. The Kier molecular flexibility index (Phi) is 6.00. The summed E-state index contributed by atoms with van der Waals surface area (Å²) in [6.07, 6.45) is -0.168. The second-order valence-corrected chi connectivity index (χ2v) is 9.44. The average molecular weight is 439 g/mol. The molecule has 156 valence electrons. The molecule has 1 saturated heterocycles. The van der Waals surface area contributed by atoms with Crippen molar-refractivity contribution in [3.05, 3.63) is 33.6 Å². The number of ether oxygens (including phenoxy) is 2. The minimum atomic E-state index is -4.32. The smallest absolute Gasteiger partial charge is 0.362 e. The van der Waals surface area contributed by atoms with Crippen LogP contribution in [0.1, 0.15) is 20.8 Å². The molecule has 11 heteroatoms. The number of aromatic nitrogens is 1. The third-order valence-electron chi connectivity index (χ3n) is 4.94. The summed E-state index contributed by atoms with van der Waals surface area (Å²) in [5.74, 6) is 0.157. The molecule has 29 heavy (non-hydrogen) atoms. The number of nitrogens with zero attached hydrogens (tertiary/aromatic N) is 2. The Morgan fingerprint density at radius 2 is 2.14 bits per heavy atom. The molecule has 2 heterocycles. The summed E-state index contributed by atoms with van der Waals surface area (Å²) < 4.78 is 21.9. The van der Waals surface area contributed by atoms with Gasteiger partial charge in [0.2, 0.25) is 0 Å². The highest BCUT2D eigenvalue weighted by Gasteiger charge is 2.30. The van der Waals surface area contributed by atoms with Crippen molar-refractivity contribution in [1.82, 2.24) is 15.2 Å². The summed E-state index contributed by atoms with van der Waals surface area (Å²) >= 11 is 1.49. The fourth-order valence-electron chi connectivity index (χ4n) is 3.56. The van der Waals surface area contributed by atoms with Crippen molar-refractivity contribution in [2.24, 2.45) is 0 Å². The molecule has 0 atom stereocenters. The van der Waals surface area contributed by atoms with Crippen molar-refractivity contribution < 1.29 is 28.6 Å². The minimum Gasteiger partial charge on any atom is -0.480 e. The third kappa shape index (κ3) is 4.69. The Balaban J connectivity index is 1.51. The van der Waals surface area contributed by atoms with E-state index in [1.165, 1.54) is 11.3 Å². The van der Waals surface area contributed by atoms with Crippen LogP contribution in [0.5, 0.6) is 5.75 Å². The normalized spacial score (nSPS) is 16.3. The van der Waals surface area contributed by atoms with Gasteiger partial charge >= 0.3 is 7.60 Å². The molecule has 2 aromatic rings.